The van der Waals surface area contributed by atoms with Gasteiger partial charge < -0.3 is 9.64 Å². The highest BCUT2D eigenvalue weighted by molar-refractivity contribution is 7.91. The Labute approximate surface area is 240 Å². The molecule has 5 aliphatic rings. The van der Waals surface area contributed by atoms with Crippen molar-refractivity contribution < 1.29 is 31.1 Å². The molecule has 0 radical (unpaired) electrons. The number of nitrogens with one attached hydrogen (secondary N) is 2. The van der Waals surface area contributed by atoms with Crippen LogP contribution in [-0.2, 0) is 19.4 Å². The zero-order chi connectivity index (χ0) is 28.8. The van der Waals surface area contributed by atoms with E-state index >= 15 is 0 Å². The highest BCUT2D eigenvalue weighted by Gasteiger charge is 2.53. The third-order valence-electron chi connectivity index (χ3n) is 10.0. The van der Waals surface area contributed by atoms with Crippen LogP contribution in [0.25, 0.3) is 0 Å². The second-order valence-corrected chi connectivity index (χ2v) is 15.2. The highest BCUT2D eigenvalue weighted by Crippen LogP contribution is 2.42. The van der Waals surface area contributed by atoms with Crippen molar-refractivity contribution in [3.05, 3.63) is 0 Å². The van der Waals surface area contributed by atoms with Crippen molar-refractivity contribution in [2.45, 2.75) is 93.4 Å². The minimum absolute atomic E-state index is 0.0929. The summed E-state index contributed by atoms with van der Waals surface area (Å²) in [5.41, 5.74) is 3.28. The number of sulfone groups is 1. The second kappa shape index (κ2) is 12.1. The minimum Gasteiger partial charge on any atom is -0.384 e. The summed E-state index contributed by atoms with van der Waals surface area (Å²) < 4.78 is 72.3. The number of carbonyl (C=O) groups is 1. The number of halogens is 4. The van der Waals surface area contributed by atoms with Gasteiger partial charge in [0.25, 0.3) is 0 Å². The number of fused-ring (bicyclic) bond motifs is 3. The predicted octanol–water partition coefficient (Wildman–Crippen LogP) is 2.17. The molecule has 5 fully saturated rings. The van der Waals surface area contributed by atoms with Gasteiger partial charge in [0.15, 0.2) is 0 Å². The van der Waals surface area contributed by atoms with Gasteiger partial charge in [-0.1, -0.05) is 0 Å². The summed E-state index contributed by atoms with van der Waals surface area (Å²) >= 11 is 6.44. The maximum Gasteiger partial charge on any atom is 0.409 e. The Bertz CT molecular complexity index is 1000. The van der Waals surface area contributed by atoms with Gasteiger partial charge in [0.05, 0.1) is 29.8 Å². The monoisotopic (exact) mass is 613 g/mol. The van der Waals surface area contributed by atoms with Gasteiger partial charge in [0.2, 0.25) is 5.91 Å². The van der Waals surface area contributed by atoms with Gasteiger partial charge in [-0.15, -0.1) is 11.6 Å². The molecule has 5 rings (SSSR count). The van der Waals surface area contributed by atoms with E-state index in [0.717, 1.165) is 30.8 Å². The topological polar surface area (TPSA) is 94.2 Å². The lowest BCUT2D eigenvalue weighted by atomic mass is 9.77. The van der Waals surface area contributed by atoms with Crippen LogP contribution < -0.4 is 10.7 Å². The van der Waals surface area contributed by atoms with Crippen LogP contribution in [-0.4, -0.2) is 117 Å². The van der Waals surface area contributed by atoms with E-state index in [1.165, 1.54) is 7.05 Å². The van der Waals surface area contributed by atoms with Gasteiger partial charge in [0.1, 0.15) is 15.9 Å². The molecule has 9 nitrogen and oxygen atoms in total. The number of piperidine rings is 1. The van der Waals surface area contributed by atoms with Crippen LogP contribution >= 0.6 is 11.6 Å². The lowest BCUT2D eigenvalue weighted by molar-refractivity contribution is -0.203. The number of hydrogen-bond donors (Lipinski definition) is 2. The van der Waals surface area contributed by atoms with Crippen LogP contribution in [0.1, 0.15) is 51.4 Å². The maximum atomic E-state index is 14.4. The summed E-state index contributed by atoms with van der Waals surface area (Å²) in [7, 11) is -0.238. The van der Waals surface area contributed by atoms with Crippen molar-refractivity contribution in [2.75, 3.05) is 45.4 Å². The van der Waals surface area contributed by atoms with Crippen molar-refractivity contribution in [3.8, 4) is 0 Å². The van der Waals surface area contributed by atoms with Crippen molar-refractivity contribution in [2.24, 2.45) is 17.8 Å². The van der Waals surface area contributed by atoms with Gasteiger partial charge in [-0.3, -0.25) is 15.0 Å². The molecule has 14 heteroatoms. The molecule has 0 spiro atoms. The number of hydrazine groups is 1. The lowest BCUT2D eigenvalue weighted by Gasteiger charge is -2.56. The number of methoxy groups -OCH3 is 1. The third kappa shape index (κ3) is 6.30. The zero-order valence-corrected chi connectivity index (χ0v) is 24.9. The molecule has 0 aromatic carbocycles. The number of carbonyl (C=O) groups excluding carboxylic acids is 1. The Morgan fingerprint density at radius 1 is 1.12 bits per heavy atom. The number of likely N-dealkylation sites (tertiary alicyclic amines) is 1. The van der Waals surface area contributed by atoms with E-state index in [-0.39, 0.29) is 54.1 Å². The number of ether oxygens (including phenoxy) is 1. The third-order valence-corrected chi connectivity index (χ3v) is 12.0. The van der Waals surface area contributed by atoms with Gasteiger partial charge >= 0.3 is 6.18 Å². The molecule has 6 atom stereocenters. The van der Waals surface area contributed by atoms with Crippen molar-refractivity contribution in [1.82, 2.24) is 25.6 Å². The van der Waals surface area contributed by atoms with E-state index < -0.39 is 39.8 Å². The van der Waals surface area contributed by atoms with Gasteiger partial charge in [-0.2, -0.15) is 13.2 Å². The summed E-state index contributed by atoms with van der Waals surface area (Å²) in [5, 5.41) is 5.87. The van der Waals surface area contributed by atoms with Crippen LogP contribution in [0.5, 0.6) is 0 Å². The van der Waals surface area contributed by atoms with E-state index in [1.807, 2.05) is 0 Å². The van der Waals surface area contributed by atoms with Crippen LogP contribution in [0.3, 0.4) is 0 Å². The van der Waals surface area contributed by atoms with Gasteiger partial charge in [-0.05, 0) is 57.4 Å². The molecule has 4 aliphatic heterocycles. The molecule has 0 aromatic rings. The number of rotatable bonds is 6. The van der Waals surface area contributed by atoms with Crippen molar-refractivity contribution in [3.63, 3.8) is 0 Å². The average molecular weight is 614 g/mol. The van der Waals surface area contributed by atoms with E-state index in [2.05, 4.69) is 20.7 Å². The first-order valence-electron chi connectivity index (χ1n) is 14.6. The first kappa shape index (κ1) is 30.7. The fraction of sp³-hybridized carbons (Fsp3) is 0.962. The smallest absolute Gasteiger partial charge is 0.384 e. The molecule has 2 N–H and O–H groups in total. The lowest BCUT2D eigenvalue weighted by Crippen LogP contribution is -2.73. The first-order chi connectivity index (χ1) is 18.9. The van der Waals surface area contributed by atoms with Crippen LogP contribution in [0.2, 0.25) is 0 Å². The molecule has 1 saturated carbocycles. The Morgan fingerprint density at radius 3 is 2.42 bits per heavy atom. The maximum absolute atomic E-state index is 14.4. The quantitative estimate of drug-likeness (QED) is 0.348. The molecular weight excluding hydrogens is 571 g/mol. The molecule has 230 valence electrons. The van der Waals surface area contributed by atoms with Crippen molar-refractivity contribution >= 4 is 27.3 Å². The fourth-order valence-corrected chi connectivity index (χ4v) is 9.89. The molecule has 40 heavy (non-hydrogen) atoms. The number of hydrogen-bond acceptors (Lipinski definition) is 8. The van der Waals surface area contributed by atoms with Gasteiger partial charge in [-0.25, -0.2) is 18.9 Å². The standard InChI is InChI=1S/C26H43ClF3N5O4S/c1-33(25(36)17-8-11-40(37,38)12-9-17)24(26(28,29)30)16-3-5-19(6-4-16)34-10-7-18(15-39-2)23-20(34)14-31-22-13-21(27)32-35(22)23/h16-24,31-32H,3-15H2,1-2H3/t16?,18-,19?,20?,21?,22?,23?,24+/m1/s1. The van der Waals surface area contributed by atoms with E-state index in [9.17, 15) is 26.4 Å². The molecule has 4 unspecified atom stereocenters. The SMILES string of the molecule is COC[C@H]1CCN(C2CCC([C@H](N(C)C(=O)C3CCS(=O)(=O)CC3)C(F)(F)F)CC2)C2CNC3CC(Cl)NN3C21. The summed E-state index contributed by atoms with van der Waals surface area (Å²) in [4.78, 5) is 16.5. The second-order valence-electron chi connectivity index (χ2n) is 12.4. The fourth-order valence-electron chi connectivity index (χ4n) is 8.12. The molecule has 0 aromatic heterocycles. The molecule has 1 amide bonds. The first-order valence-corrected chi connectivity index (χ1v) is 16.9. The molecule has 4 heterocycles. The average Bonchev–Trinajstić information content (AvgIpc) is 3.28. The highest BCUT2D eigenvalue weighted by atomic mass is 35.5. The Morgan fingerprint density at radius 2 is 1.80 bits per heavy atom. The number of nitrogens with zero attached hydrogens (tertiary/aromatic N) is 3. The molecule has 1 aliphatic carbocycles. The number of alkyl halides is 4. The number of amides is 1. The van der Waals surface area contributed by atoms with Crippen LogP contribution in [0, 0.1) is 17.8 Å². The normalized spacial score (nSPS) is 38.4. The van der Waals surface area contributed by atoms with E-state index in [4.69, 9.17) is 16.3 Å². The summed E-state index contributed by atoms with van der Waals surface area (Å²) in [5.74, 6) is -1.88. The summed E-state index contributed by atoms with van der Waals surface area (Å²) in [6, 6.07) is -1.27. The zero-order valence-electron chi connectivity index (χ0n) is 23.3. The van der Waals surface area contributed by atoms with Crippen molar-refractivity contribution in [1.29, 1.82) is 0 Å². The Hall–Kier alpha value is -0.700. The minimum atomic E-state index is -4.55. The summed E-state index contributed by atoms with van der Waals surface area (Å²) in [6.07, 6.45) is -0.375. The molecule has 0 bridgehead atoms. The predicted molar refractivity (Wildman–Crippen MR) is 145 cm³/mol. The van der Waals surface area contributed by atoms with Crippen LogP contribution in [0.4, 0.5) is 13.2 Å². The molecular formula is C26H43ClF3N5O4S. The largest absolute Gasteiger partial charge is 0.409 e. The summed E-state index contributed by atoms with van der Waals surface area (Å²) in [6.45, 7) is 2.33. The van der Waals surface area contributed by atoms with Gasteiger partial charge in [0, 0.05) is 57.1 Å². The Kier molecular flexibility index (Phi) is 9.32. The molecule has 4 saturated heterocycles. The Balaban J connectivity index is 1.25. The van der Waals surface area contributed by atoms with E-state index in [1.54, 1.807) is 7.11 Å². The van der Waals surface area contributed by atoms with E-state index in [0.29, 0.717) is 38.2 Å². The van der Waals surface area contributed by atoms with Crippen LogP contribution in [0.15, 0.2) is 0 Å².